The molecule has 0 radical (unpaired) electrons. The fraction of sp³-hybridized carbons (Fsp3) is 0.333. The molecule has 10 heteroatoms. The fourth-order valence-corrected chi connectivity index (χ4v) is 5.38. The Morgan fingerprint density at radius 1 is 0.968 bits per heavy atom. The Balaban J connectivity index is 1.58. The zero-order chi connectivity index (χ0) is 22.4. The van der Waals surface area contributed by atoms with Gasteiger partial charge < -0.3 is 10.6 Å². The van der Waals surface area contributed by atoms with Crippen molar-refractivity contribution in [3.63, 3.8) is 0 Å². The number of hydrogen-bond donors (Lipinski definition) is 2. The molecule has 31 heavy (non-hydrogen) atoms. The summed E-state index contributed by atoms with van der Waals surface area (Å²) < 4.78 is 27.3. The summed E-state index contributed by atoms with van der Waals surface area (Å²) in [6, 6.07) is 10.8. The molecule has 0 saturated carbocycles. The third kappa shape index (κ3) is 6.20. The number of rotatable bonds is 7. The Labute approximate surface area is 191 Å². The number of nitrogens with zero attached hydrogens (tertiary/aromatic N) is 1. The molecule has 2 amide bonds. The second-order valence-electron chi connectivity index (χ2n) is 7.17. The van der Waals surface area contributed by atoms with E-state index < -0.39 is 10.0 Å². The van der Waals surface area contributed by atoms with Gasteiger partial charge in [-0.1, -0.05) is 29.6 Å². The molecule has 1 aliphatic heterocycles. The molecule has 0 aromatic heterocycles. The van der Waals surface area contributed by atoms with Crippen LogP contribution in [0, 0.1) is 0 Å². The molecule has 166 valence electrons. The molecule has 0 aliphatic carbocycles. The molecule has 0 spiro atoms. The summed E-state index contributed by atoms with van der Waals surface area (Å²) >= 11 is 11.9. The molecule has 2 N–H and O–H groups in total. The molecule has 2 aromatic rings. The standard InChI is InChI=1S/C21H23Cl2N3O4S/c22-16-6-4-15(5-7-16)21(28)24-11-10-20(27)25-17-8-9-18(23)19(14-17)31(29,30)26-12-2-1-3-13-26/h4-9,14H,1-3,10-13H2,(H,24,28)(H,25,27). The minimum Gasteiger partial charge on any atom is -0.352 e. The molecular weight excluding hydrogens is 461 g/mol. The Bertz CT molecular complexity index is 1050. The molecule has 3 rings (SSSR count). The minimum atomic E-state index is -3.73. The molecule has 2 aromatic carbocycles. The third-order valence-corrected chi connectivity index (χ3v) is 7.52. The topological polar surface area (TPSA) is 95.6 Å². The van der Waals surface area contributed by atoms with E-state index in [1.54, 1.807) is 30.3 Å². The smallest absolute Gasteiger partial charge is 0.251 e. The monoisotopic (exact) mass is 483 g/mol. The predicted octanol–water partition coefficient (Wildman–Crippen LogP) is 3.93. The van der Waals surface area contributed by atoms with Crippen molar-refractivity contribution >= 4 is 50.7 Å². The molecule has 7 nitrogen and oxygen atoms in total. The SMILES string of the molecule is O=C(CCNC(=O)c1ccc(Cl)cc1)Nc1ccc(Cl)c(S(=O)(=O)N2CCCCC2)c1. The van der Waals surface area contributed by atoms with Gasteiger partial charge >= 0.3 is 0 Å². The van der Waals surface area contributed by atoms with Crippen LogP contribution in [0.15, 0.2) is 47.4 Å². The van der Waals surface area contributed by atoms with Crippen LogP contribution >= 0.6 is 23.2 Å². The number of hydrogen-bond acceptors (Lipinski definition) is 4. The second-order valence-corrected chi connectivity index (χ2v) is 9.92. The molecule has 1 heterocycles. The van der Waals surface area contributed by atoms with Crippen LogP contribution in [0.1, 0.15) is 36.0 Å². The van der Waals surface area contributed by atoms with Gasteiger partial charge in [0.05, 0.1) is 5.02 Å². The first-order chi connectivity index (χ1) is 14.8. The molecule has 0 bridgehead atoms. The van der Waals surface area contributed by atoms with Crippen LogP contribution in [0.5, 0.6) is 0 Å². The van der Waals surface area contributed by atoms with E-state index in [2.05, 4.69) is 10.6 Å². The predicted molar refractivity (Wildman–Crippen MR) is 121 cm³/mol. The maximum absolute atomic E-state index is 12.9. The number of benzene rings is 2. The number of amides is 2. The number of piperidine rings is 1. The number of carbonyl (C=O) groups excluding carboxylic acids is 2. The van der Waals surface area contributed by atoms with E-state index in [0.717, 1.165) is 19.3 Å². The van der Waals surface area contributed by atoms with Crippen LogP contribution in [-0.2, 0) is 14.8 Å². The molecule has 1 aliphatic rings. The average molecular weight is 484 g/mol. The molecule has 1 fully saturated rings. The summed E-state index contributed by atoms with van der Waals surface area (Å²) in [6.45, 7) is 1.05. The summed E-state index contributed by atoms with van der Waals surface area (Å²) in [5.41, 5.74) is 0.768. The highest BCUT2D eigenvalue weighted by molar-refractivity contribution is 7.89. The van der Waals surface area contributed by atoms with Crippen molar-refractivity contribution in [3.05, 3.63) is 58.1 Å². The number of nitrogens with one attached hydrogen (secondary N) is 2. The molecular formula is C21H23Cl2N3O4S. The lowest BCUT2D eigenvalue weighted by atomic mass is 10.2. The van der Waals surface area contributed by atoms with Crippen molar-refractivity contribution in [2.75, 3.05) is 25.0 Å². The lowest BCUT2D eigenvalue weighted by molar-refractivity contribution is -0.116. The summed E-state index contributed by atoms with van der Waals surface area (Å²) in [6.07, 6.45) is 2.66. The van der Waals surface area contributed by atoms with E-state index in [9.17, 15) is 18.0 Å². The van der Waals surface area contributed by atoms with E-state index >= 15 is 0 Å². The largest absolute Gasteiger partial charge is 0.352 e. The maximum atomic E-state index is 12.9. The van der Waals surface area contributed by atoms with Crippen molar-refractivity contribution in [1.29, 1.82) is 0 Å². The van der Waals surface area contributed by atoms with Crippen LogP contribution in [0.4, 0.5) is 5.69 Å². The van der Waals surface area contributed by atoms with Gasteiger partial charge in [0, 0.05) is 42.3 Å². The number of sulfonamides is 1. The lowest BCUT2D eigenvalue weighted by Crippen LogP contribution is -2.35. The minimum absolute atomic E-state index is 0.0232. The van der Waals surface area contributed by atoms with E-state index in [4.69, 9.17) is 23.2 Å². The average Bonchev–Trinajstić information content (AvgIpc) is 2.76. The highest BCUT2D eigenvalue weighted by Gasteiger charge is 2.28. The summed E-state index contributed by atoms with van der Waals surface area (Å²) in [4.78, 5) is 24.3. The van der Waals surface area contributed by atoms with Crippen molar-refractivity contribution in [1.82, 2.24) is 9.62 Å². The highest BCUT2D eigenvalue weighted by atomic mass is 35.5. The van der Waals surface area contributed by atoms with E-state index in [1.165, 1.54) is 16.4 Å². The first-order valence-electron chi connectivity index (χ1n) is 9.91. The summed E-state index contributed by atoms with van der Waals surface area (Å²) in [7, 11) is -3.73. The van der Waals surface area contributed by atoms with Gasteiger partial charge in [-0.05, 0) is 55.3 Å². The zero-order valence-corrected chi connectivity index (χ0v) is 19.1. The Kier molecular flexibility index (Phi) is 7.94. The van der Waals surface area contributed by atoms with Crippen molar-refractivity contribution in [2.45, 2.75) is 30.6 Å². The molecule has 0 unspecified atom stereocenters. The molecule has 0 atom stereocenters. The van der Waals surface area contributed by atoms with Crippen LogP contribution in [0.25, 0.3) is 0 Å². The van der Waals surface area contributed by atoms with Crippen molar-refractivity contribution < 1.29 is 18.0 Å². The van der Waals surface area contributed by atoms with Gasteiger partial charge in [0.25, 0.3) is 5.91 Å². The molecule has 1 saturated heterocycles. The van der Waals surface area contributed by atoms with E-state index in [0.29, 0.717) is 29.4 Å². The summed E-state index contributed by atoms with van der Waals surface area (Å²) in [5, 5.41) is 5.95. The van der Waals surface area contributed by atoms with Crippen LogP contribution in [0.2, 0.25) is 10.0 Å². The number of carbonyl (C=O) groups is 2. The van der Waals surface area contributed by atoms with Crippen LogP contribution in [-0.4, -0.2) is 44.2 Å². The number of anilines is 1. The van der Waals surface area contributed by atoms with Crippen molar-refractivity contribution in [2.24, 2.45) is 0 Å². The quantitative estimate of drug-likeness (QED) is 0.623. The van der Waals surface area contributed by atoms with Gasteiger partial charge in [0.15, 0.2) is 0 Å². The van der Waals surface area contributed by atoms with Gasteiger partial charge in [0.1, 0.15) is 4.90 Å². The Morgan fingerprint density at radius 3 is 2.32 bits per heavy atom. The Morgan fingerprint density at radius 2 is 1.65 bits per heavy atom. The van der Waals surface area contributed by atoms with Gasteiger partial charge in [-0.15, -0.1) is 0 Å². The Hall–Kier alpha value is -2.13. The fourth-order valence-electron chi connectivity index (χ4n) is 3.24. The van der Waals surface area contributed by atoms with E-state index in [1.807, 2.05) is 0 Å². The van der Waals surface area contributed by atoms with Gasteiger partial charge in [-0.3, -0.25) is 9.59 Å². The van der Waals surface area contributed by atoms with Gasteiger partial charge in [0.2, 0.25) is 15.9 Å². The van der Waals surface area contributed by atoms with E-state index in [-0.39, 0.29) is 34.7 Å². The van der Waals surface area contributed by atoms with Gasteiger partial charge in [-0.25, -0.2) is 8.42 Å². The van der Waals surface area contributed by atoms with Crippen LogP contribution < -0.4 is 10.6 Å². The van der Waals surface area contributed by atoms with Crippen molar-refractivity contribution in [3.8, 4) is 0 Å². The summed E-state index contributed by atoms with van der Waals surface area (Å²) in [5.74, 6) is -0.675. The van der Waals surface area contributed by atoms with Gasteiger partial charge in [-0.2, -0.15) is 4.31 Å². The maximum Gasteiger partial charge on any atom is 0.251 e. The first kappa shape index (κ1) is 23.5. The first-order valence-corrected chi connectivity index (χ1v) is 12.1. The lowest BCUT2D eigenvalue weighted by Gasteiger charge is -2.26. The zero-order valence-electron chi connectivity index (χ0n) is 16.7. The number of halogens is 2. The third-order valence-electron chi connectivity index (χ3n) is 4.89. The van der Waals surface area contributed by atoms with Crippen LogP contribution in [0.3, 0.4) is 0 Å². The normalized spacial score (nSPS) is 14.8. The highest BCUT2D eigenvalue weighted by Crippen LogP contribution is 2.29. The second kappa shape index (κ2) is 10.5.